The molecule has 0 amide bonds. The van der Waals surface area contributed by atoms with Crippen LogP contribution in [0.25, 0.3) is 0 Å². The van der Waals surface area contributed by atoms with Gasteiger partial charge >= 0.3 is 0 Å². The lowest BCUT2D eigenvalue weighted by Crippen LogP contribution is -2.19. The third-order valence-corrected chi connectivity index (χ3v) is 2.61. The van der Waals surface area contributed by atoms with Crippen LogP contribution in [0.5, 0.6) is 0 Å². The molecule has 0 heterocycles. The first kappa shape index (κ1) is 12.1. The fourth-order valence-electron chi connectivity index (χ4n) is 1.92. The maximum atomic E-state index is 3.17. The van der Waals surface area contributed by atoms with Gasteiger partial charge in [-0.1, -0.05) is 19.1 Å². The molecule has 0 aliphatic carbocycles. The highest BCUT2D eigenvalue weighted by Crippen LogP contribution is 2.20. The molecule has 0 aliphatic rings. The van der Waals surface area contributed by atoms with Gasteiger partial charge in [-0.15, -0.1) is 0 Å². The summed E-state index contributed by atoms with van der Waals surface area (Å²) in [6, 6.07) is 6.68. The number of nitrogens with one attached hydrogen (secondary N) is 1. The Kier molecular flexibility index (Phi) is 4.63. The summed E-state index contributed by atoms with van der Waals surface area (Å²) in [5, 5.41) is 3.17. The Morgan fingerprint density at radius 3 is 2.60 bits per heavy atom. The van der Waals surface area contributed by atoms with Crippen molar-refractivity contribution >= 4 is 5.69 Å². The Hall–Kier alpha value is -1.02. The molecule has 2 heteroatoms. The van der Waals surface area contributed by atoms with E-state index in [4.69, 9.17) is 0 Å². The van der Waals surface area contributed by atoms with Gasteiger partial charge in [0.1, 0.15) is 0 Å². The molecule has 1 aromatic rings. The van der Waals surface area contributed by atoms with Gasteiger partial charge in [-0.05, 0) is 37.6 Å². The zero-order valence-electron chi connectivity index (χ0n) is 10.3. The van der Waals surface area contributed by atoms with Crippen LogP contribution in [0, 0.1) is 6.92 Å². The zero-order chi connectivity index (χ0) is 11.3. The van der Waals surface area contributed by atoms with Crippen LogP contribution in [0.1, 0.15) is 24.5 Å². The topological polar surface area (TPSA) is 15.3 Å². The van der Waals surface area contributed by atoms with Gasteiger partial charge in [-0.25, -0.2) is 0 Å². The summed E-state index contributed by atoms with van der Waals surface area (Å²) in [7, 11) is 4.13. The molecule has 1 rings (SSSR count). The van der Waals surface area contributed by atoms with E-state index in [0.717, 1.165) is 13.1 Å². The monoisotopic (exact) mass is 206 g/mol. The van der Waals surface area contributed by atoms with Gasteiger partial charge in [0.15, 0.2) is 0 Å². The molecule has 2 nitrogen and oxygen atoms in total. The van der Waals surface area contributed by atoms with E-state index < -0.39 is 0 Å². The predicted octanol–water partition coefficient (Wildman–Crippen LogP) is 2.56. The highest BCUT2D eigenvalue weighted by Gasteiger charge is 2.03. The summed E-state index contributed by atoms with van der Waals surface area (Å²) in [5.41, 5.74) is 4.05. The first-order valence-corrected chi connectivity index (χ1v) is 5.64. The Morgan fingerprint density at radius 2 is 2.07 bits per heavy atom. The second kappa shape index (κ2) is 5.76. The van der Waals surface area contributed by atoms with Crippen molar-refractivity contribution in [3.63, 3.8) is 0 Å². The maximum Gasteiger partial charge on any atom is 0.0393 e. The fourth-order valence-corrected chi connectivity index (χ4v) is 1.92. The van der Waals surface area contributed by atoms with Gasteiger partial charge < -0.3 is 10.2 Å². The van der Waals surface area contributed by atoms with E-state index in [1.165, 1.54) is 23.2 Å². The molecule has 0 atom stereocenters. The van der Waals surface area contributed by atoms with Crippen molar-refractivity contribution in [2.24, 2.45) is 0 Å². The van der Waals surface area contributed by atoms with Crippen LogP contribution < -0.4 is 10.2 Å². The van der Waals surface area contributed by atoms with Crippen molar-refractivity contribution in [2.45, 2.75) is 26.8 Å². The summed E-state index contributed by atoms with van der Waals surface area (Å²) in [6.07, 6.45) is 1.19. The van der Waals surface area contributed by atoms with E-state index in [2.05, 4.69) is 49.3 Å². The average Bonchev–Trinajstić information content (AvgIpc) is 2.18. The second-order valence-corrected chi connectivity index (χ2v) is 4.07. The number of nitrogens with zero attached hydrogens (tertiary/aromatic N) is 1. The van der Waals surface area contributed by atoms with Gasteiger partial charge in [0.25, 0.3) is 0 Å². The molecular formula is C13H22N2. The van der Waals surface area contributed by atoms with Crippen molar-refractivity contribution in [3.8, 4) is 0 Å². The Labute approximate surface area is 93.3 Å². The summed E-state index contributed by atoms with van der Waals surface area (Å²) < 4.78 is 0. The maximum absolute atomic E-state index is 3.17. The SMILES string of the molecule is CCCN(C)c1ccc(CNC)cc1C. The van der Waals surface area contributed by atoms with Crippen LogP contribution >= 0.6 is 0 Å². The quantitative estimate of drug-likeness (QED) is 0.796. The second-order valence-electron chi connectivity index (χ2n) is 4.07. The number of aryl methyl sites for hydroxylation is 1. The minimum Gasteiger partial charge on any atom is -0.374 e. The number of anilines is 1. The lowest BCUT2D eigenvalue weighted by atomic mass is 10.1. The fraction of sp³-hybridized carbons (Fsp3) is 0.538. The van der Waals surface area contributed by atoms with Gasteiger partial charge in [-0.3, -0.25) is 0 Å². The van der Waals surface area contributed by atoms with E-state index in [0.29, 0.717) is 0 Å². The summed E-state index contributed by atoms with van der Waals surface area (Å²) in [4.78, 5) is 2.32. The van der Waals surface area contributed by atoms with E-state index in [1.807, 2.05) is 7.05 Å². The summed E-state index contributed by atoms with van der Waals surface area (Å²) in [6.45, 7) is 6.45. The van der Waals surface area contributed by atoms with Crippen molar-refractivity contribution in [3.05, 3.63) is 29.3 Å². The van der Waals surface area contributed by atoms with E-state index in [1.54, 1.807) is 0 Å². The molecule has 0 aromatic heterocycles. The van der Waals surface area contributed by atoms with Crippen molar-refractivity contribution < 1.29 is 0 Å². The van der Waals surface area contributed by atoms with Crippen LogP contribution in [0.3, 0.4) is 0 Å². The van der Waals surface area contributed by atoms with Gasteiger partial charge in [0.05, 0.1) is 0 Å². The van der Waals surface area contributed by atoms with Gasteiger partial charge in [0, 0.05) is 25.8 Å². The lowest BCUT2D eigenvalue weighted by Gasteiger charge is -2.21. The molecule has 15 heavy (non-hydrogen) atoms. The molecule has 1 aromatic carbocycles. The third kappa shape index (κ3) is 3.24. The van der Waals surface area contributed by atoms with Crippen LogP contribution in [0.15, 0.2) is 18.2 Å². The minimum absolute atomic E-state index is 0.943. The highest BCUT2D eigenvalue weighted by molar-refractivity contribution is 5.53. The summed E-state index contributed by atoms with van der Waals surface area (Å²) in [5.74, 6) is 0. The number of rotatable bonds is 5. The molecule has 0 aliphatic heterocycles. The molecule has 0 bridgehead atoms. The van der Waals surface area contributed by atoms with E-state index in [-0.39, 0.29) is 0 Å². The molecule has 0 saturated carbocycles. The first-order chi connectivity index (χ1) is 7.19. The van der Waals surface area contributed by atoms with Crippen molar-refractivity contribution in [1.82, 2.24) is 5.32 Å². The van der Waals surface area contributed by atoms with E-state index >= 15 is 0 Å². The Balaban J connectivity index is 2.82. The molecule has 0 spiro atoms. The largest absolute Gasteiger partial charge is 0.374 e. The molecule has 0 radical (unpaired) electrons. The van der Waals surface area contributed by atoms with Crippen LogP contribution in [0.2, 0.25) is 0 Å². The van der Waals surface area contributed by atoms with E-state index in [9.17, 15) is 0 Å². The zero-order valence-corrected chi connectivity index (χ0v) is 10.3. The van der Waals surface area contributed by atoms with Crippen LogP contribution in [-0.4, -0.2) is 20.6 Å². The Bertz CT molecular complexity index is 307. The van der Waals surface area contributed by atoms with Gasteiger partial charge in [-0.2, -0.15) is 0 Å². The molecule has 0 saturated heterocycles. The first-order valence-electron chi connectivity index (χ1n) is 5.64. The standard InChI is InChI=1S/C13H22N2/c1-5-8-15(4)13-7-6-12(10-14-3)9-11(13)2/h6-7,9,14H,5,8,10H2,1-4H3. The normalized spacial score (nSPS) is 10.4. The van der Waals surface area contributed by atoms with Crippen LogP contribution in [0.4, 0.5) is 5.69 Å². The van der Waals surface area contributed by atoms with Gasteiger partial charge in [0.2, 0.25) is 0 Å². The molecule has 0 unspecified atom stereocenters. The van der Waals surface area contributed by atoms with Crippen molar-refractivity contribution in [2.75, 3.05) is 25.5 Å². The third-order valence-electron chi connectivity index (χ3n) is 2.61. The molecule has 0 fully saturated rings. The van der Waals surface area contributed by atoms with Crippen molar-refractivity contribution in [1.29, 1.82) is 0 Å². The number of hydrogen-bond acceptors (Lipinski definition) is 2. The number of benzene rings is 1. The lowest BCUT2D eigenvalue weighted by molar-refractivity contribution is 0.814. The Morgan fingerprint density at radius 1 is 1.33 bits per heavy atom. The molecule has 1 N–H and O–H groups in total. The van der Waals surface area contributed by atoms with Crippen LogP contribution in [-0.2, 0) is 6.54 Å². The molecular weight excluding hydrogens is 184 g/mol. The predicted molar refractivity (Wildman–Crippen MR) is 67.5 cm³/mol. The summed E-state index contributed by atoms with van der Waals surface area (Å²) >= 11 is 0. The highest BCUT2D eigenvalue weighted by atomic mass is 15.1. The smallest absolute Gasteiger partial charge is 0.0393 e. The number of hydrogen-bond donors (Lipinski definition) is 1. The minimum atomic E-state index is 0.943. The molecule has 84 valence electrons. The average molecular weight is 206 g/mol.